The Morgan fingerprint density at radius 2 is 1.96 bits per heavy atom. The third-order valence-corrected chi connectivity index (χ3v) is 4.11. The molecular weight excluding hydrogens is 304 g/mol. The number of rotatable bonds is 4. The smallest absolute Gasteiger partial charge is 0.329 e. The van der Waals surface area contributed by atoms with Gasteiger partial charge in [-0.1, -0.05) is 19.9 Å². The minimum absolute atomic E-state index is 0.000283. The molecule has 0 saturated heterocycles. The average molecular weight is 326 g/mol. The molecule has 0 radical (unpaired) electrons. The Morgan fingerprint density at radius 1 is 1.21 bits per heavy atom. The second-order valence-electron chi connectivity index (χ2n) is 6.44. The summed E-state index contributed by atoms with van der Waals surface area (Å²) < 4.78 is 7.10. The summed E-state index contributed by atoms with van der Waals surface area (Å²) in [6.45, 7) is 8.18. The Morgan fingerprint density at radius 3 is 2.58 bits per heavy atom. The van der Waals surface area contributed by atoms with Gasteiger partial charge in [-0.05, 0) is 37.5 Å². The maximum Gasteiger partial charge on any atom is 0.329 e. The van der Waals surface area contributed by atoms with E-state index in [0.717, 1.165) is 11.3 Å². The molecule has 6 nitrogen and oxygen atoms in total. The molecule has 0 amide bonds. The minimum atomic E-state index is -0.194. The van der Waals surface area contributed by atoms with E-state index in [4.69, 9.17) is 4.74 Å². The predicted octanol–water partition coefficient (Wildman–Crippen LogP) is 3.50. The zero-order chi connectivity index (χ0) is 17.4. The van der Waals surface area contributed by atoms with Crippen molar-refractivity contribution in [2.24, 2.45) is 0 Å². The lowest BCUT2D eigenvalue weighted by atomic mass is 9.99. The van der Waals surface area contributed by atoms with Crippen LogP contribution in [-0.4, -0.2) is 26.6 Å². The first-order valence-electron chi connectivity index (χ1n) is 8.08. The van der Waals surface area contributed by atoms with Crippen LogP contribution < -0.4 is 10.4 Å². The fourth-order valence-corrected chi connectivity index (χ4v) is 2.79. The van der Waals surface area contributed by atoms with Crippen LogP contribution in [0.1, 0.15) is 45.2 Å². The van der Waals surface area contributed by atoms with Gasteiger partial charge in [0, 0.05) is 11.6 Å². The SMILES string of the molecule is COc1ccc(C(C)C)cc1-c1cnc2[nH]c(=O)n(C(C)C)c2n1. The number of hydrogen-bond donors (Lipinski definition) is 1. The molecule has 2 heterocycles. The number of aromatic amines is 1. The average Bonchev–Trinajstić information content (AvgIpc) is 2.89. The standard InChI is InChI=1S/C18H22N4O2/c1-10(2)12-6-7-15(24-5)13(8-12)14-9-19-16-17(20-14)22(11(3)4)18(23)21-16/h6-11H,1-5H3,(H,19,21,23). The maximum atomic E-state index is 12.1. The van der Waals surface area contributed by atoms with Crippen molar-refractivity contribution in [1.29, 1.82) is 0 Å². The molecule has 0 atom stereocenters. The van der Waals surface area contributed by atoms with Gasteiger partial charge in [-0.3, -0.25) is 9.55 Å². The lowest BCUT2D eigenvalue weighted by molar-refractivity contribution is 0.416. The summed E-state index contributed by atoms with van der Waals surface area (Å²) in [6, 6.07) is 6.08. The van der Waals surface area contributed by atoms with Gasteiger partial charge in [-0.15, -0.1) is 0 Å². The van der Waals surface area contributed by atoms with Crippen molar-refractivity contribution in [2.45, 2.75) is 39.7 Å². The number of imidazole rings is 1. The predicted molar refractivity (Wildman–Crippen MR) is 94.6 cm³/mol. The number of nitrogens with one attached hydrogen (secondary N) is 1. The summed E-state index contributed by atoms with van der Waals surface area (Å²) in [4.78, 5) is 23.9. The van der Waals surface area contributed by atoms with Gasteiger partial charge in [0.1, 0.15) is 5.75 Å². The van der Waals surface area contributed by atoms with E-state index in [9.17, 15) is 4.79 Å². The first kappa shape index (κ1) is 16.2. The minimum Gasteiger partial charge on any atom is -0.496 e. The van der Waals surface area contributed by atoms with Gasteiger partial charge >= 0.3 is 5.69 Å². The number of aromatic nitrogens is 4. The second-order valence-corrected chi connectivity index (χ2v) is 6.44. The van der Waals surface area contributed by atoms with E-state index in [2.05, 4.69) is 40.9 Å². The highest BCUT2D eigenvalue weighted by Crippen LogP contribution is 2.32. The zero-order valence-corrected chi connectivity index (χ0v) is 14.6. The van der Waals surface area contributed by atoms with Crippen molar-refractivity contribution in [3.05, 3.63) is 40.4 Å². The quantitative estimate of drug-likeness (QED) is 0.796. The van der Waals surface area contributed by atoms with Crippen LogP contribution in [-0.2, 0) is 0 Å². The van der Waals surface area contributed by atoms with Crippen LogP contribution in [0.5, 0.6) is 5.75 Å². The molecule has 1 aromatic carbocycles. The maximum absolute atomic E-state index is 12.1. The molecule has 0 saturated carbocycles. The van der Waals surface area contributed by atoms with E-state index < -0.39 is 0 Å². The highest BCUT2D eigenvalue weighted by molar-refractivity contribution is 5.74. The van der Waals surface area contributed by atoms with Gasteiger partial charge < -0.3 is 4.74 Å². The van der Waals surface area contributed by atoms with Gasteiger partial charge in [0.25, 0.3) is 0 Å². The number of fused-ring (bicyclic) bond motifs is 1. The highest BCUT2D eigenvalue weighted by Gasteiger charge is 2.16. The molecule has 6 heteroatoms. The topological polar surface area (TPSA) is 72.8 Å². The molecule has 3 aromatic rings. The molecule has 0 aliphatic carbocycles. The second kappa shape index (κ2) is 6.11. The lowest BCUT2D eigenvalue weighted by Gasteiger charge is -2.13. The van der Waals surface area contributed by atoms with E-state index in [-0.39, 0.29) is 11.7 Å². The lowest BCUT2D eigenvalue weighted by Crippen LogP contribution is -2.18. The fraction of sp³-hybridized carbons (Fsp3) is 0.389. The molecule has 1 N–H and O–H groups in total. The molecular formula is C18H22N4O2. The van der Waals surface area contributed by atoms with E-state index in [0.29, 0.717) is 22.9 Å². The molecule has 0 unspecified atom stereocenters. The Hall–Kier alpha value is -2.63. The van der Waals surface area contributed by atoms with Crippen LogP contribution in [0.4, 0.5) is 0 Å². The van der Waals surface area contributed by atoms with E-state index in [1.165, 1.54) is 5.56 Å². The van der Waals surface area contributed by atoms with Gasteiger partial charge in [0.2, 0.25) is 0 Å². The third-order valence-electron chi connectivity index (χ3n) is 4.11. The molecule has 0 spiro atoms. The van der Waals surface area contributed by atoms with Crippen molar-refractivity contribution < 1.29 is 4.74 Å². The molecule has 0 fully saturated rings. The van der Waals surface area contributed by atoms with Gasteiger partial charge in [-0.25, -0.2) is 14.8 Å². The van der Waals surface area contributed by atoms with E-state index in [1.54, 1.807) is 17.9 Å². The van der Waals surface area contributed by atoms with Crippen LogP contribution in [0.2, 0.25) is 0 Å². The normalized spacial score (nSPS) is 11.6. The first-order valence-corrected chi connectivity index (χ1v) is 8.08. The van der Waals surface area contributed by atoms with Crippen molar-refractivity contribution in [3.63, 3.8) is 0 Å². The van der Waals surface area contributed by atoms with Gasteiger partial charge in [0.15, 0.2) is 11.3 Å². The van der Waals surface area contributed by atoms with Crippen LogP contribution in [0.3, 0.4) is 0 Å². The van der Waals surface area contributed by atoms with Crippen LogP contribution >= 0.6 is 0 Å². The highest BCUT2D eigenvalue weighted by atomic mass is 16.5. The van der Waals surface area contributed by atoms with Gasteiger partial charge in [-0.2, -0.15) is 0 Å². The Balaban J connectivity index is 2.24. The Labute approximate surface area is 140 Å². The van der Waals surface area contributed by atoms with Crippen LogP contribution in [0.25, 0.3) is 22.6 Å². The molecule has 126 valence electrons. The number of nitrogens with zero attached hydrogens (tertiary/aromatic N) is 3. The Bertz CT molecular complexity index is 938. The third kappa shape index (κ3) is 2.68. The van der Waals surface area contributed by atoms with Crippen LogP contribution in [0, 0.1) is 0 Å². The summed E-state index contributed by atoms with van der Waals surface area (Å²) in [5.41, 5.74) is 3.63. The molecule has 0 bridgehead atoms. The largest absolute Gasteiger partial charge is 0.496 e. The number of benzene rings is 1. The summed E-state index contributed by atoms with van der Waals surface area (Å²) >= 11 is 0. The zero-order valence-electron chi connectivity index (χ0n) is 14.6. The first-order chi connectivity index (χ1) is 11.4. The number of H-pyrrole nitrogens is 1. The summed E-state index contributed by atoms with van der Waals surface area (Å²) in [7, 11) is 1.64. The molecule has 3 rings (SSSR count). The monoisotopic (exact) mass is 326 g/mol. The fourth-order valence-electron chi connectivity index (χ4n) is 2.79. The summed E-state index contributed by atoms with van der Waals surface area (Å²) in [6.07, 6.45) is 1.67. The van der Waals surface area contributed by atoms with Gasteiger partial charge in [0.05, 0.1) is 19.0 Å². The van der Waals surface area contributed by atoms with E-state index in [1.807, 2.05) is 19.9 Å². The molecule has 0 aliphatic heterocycles. The molecule has 2 aromatic heterocycles. The van der Waals surface area contributed by atoms with Crippen LogP contribution in [0.15, 0.2) is 29.2 Å². The van der Waals surface area contributed by atoms with Crippen molar-refractivity contribution in [3.8, 4) is 17.0 Å². The van der Waals surface area contributed by atoms with Crippen molar-refractivity contribution in [1.82, 2.24) is 19.5 Å². The number of ether oxygens (including phenoxy) is 1. The van der Waals surface area contributed by atoms with Crippen molar-refractivity contribution in [2.75, 3.05) is 7.11 Å². The molecule has 0 aliphatic rings. The number of hydrogen-bond acceptors (Lipinski definition) is 4. The Kier molecular flexibility index (Phi) is 4.13. The summed E-state index contributed by atoms with van der Waals surface area (Å²) in [5.74, 6) is 1.13. The van der Waals surface area contributed by atoms with E-state index >= 15 is 0 Å². The number of methoxy groups -OCH3 is 1. The molecule has 24 heavy (non-hydrogen) atoms. The van der Waals surface area contributed by atoms with Crippen molar-refractivity contribution >= 4 is 11.3 Å². The summed E-state index contributed by atoms with van der Waals surface area (Å²) in [5, 5.41) is 0.